The van der Waals surface area contributed by atoms with Crippen molar-refractivity contribution in [1.82, 2.24) is 24.0 Å². The molecule has 0 N–H and O–H groups in total. The maximum absolute atomic E-state index is 13.0. The van der Waals surface area contributed by atoms with Gasteiger partial charge in [-0.2, -0.15) is 5.10 Å². The van der Waals surface area contributed by atoms with Crippen LogP contribution in [0.15, 0.2) is 41.5 Å². The first kappa shape index (κ1) is 23.7. The molecule has 0 unspecified atom stereocenters. The largest absolute Gasteiger partial charge is 0.465 e. The third-order valence-corrected chi connectivity index (χ3v) is 6.36. The summed E-state index contributed by atoms with van der Waals surface area (Å²) in [5.74, 6) is -0.232. The molecule has 9 nitrogen and oxygen atoms in total. The fraction of sp³-hybridized carbons (Fsp3) is 0.440. The Morgan fingerprint density at radius 3 is 2.50 bits per heavy atom. The van der Waals surface area contributed by atoms with Crippen LogP contribution in [0.25, 0.3) is 16.8 Å². The SMILES string of the molecule is CCOC(=O)CN1CCN(C(=O)CCn2ccn3nc(-c4ccc(C)c(C)c4)cc3c2=O)CC1. The van der Waals surface area contributed by atoms with E-state index in [9.17, 15) is 14.4 Å². The first-order chi connectivity index (χ1) is 16.4. The summed E-state index contributed by atoms with van der Waals surface area (Å²) in [6, 6.07) is 7.93. The number of hydrogen-bond acceptors (Lipinski definition) is 6. The predicted octanol–water partition coefficient (Wildman–Crippen LogP) is 1.88. The topological polar surface area (TPSA) is 89.2 Å². The van der Waals surface area contributed by atoms with Crippen LogP contribution in [0, 0.1) is 13.8 Å². The van der Waals surface area contributed by atoms with E-state index in [2.05, 4.69) is 31.1 Å². The average molecular weight is 466 g/mol. The van der Waals surface area contributed by atoms with E-state index in [1.165, 1.54) is 11.1 Å². The molecule has 1 aromatic carbocycles. The number of hydrogen-bond donors (Lipinski definition) is 0. The number of rotatable bonds is 7. The van der Waals surface area contributed by atoms with Crippen molar-refractivity contribution in [1.29, 1.82) is 0 Å². The van der Waals surface area contributed by atoms with E-state index < -0.39 is 0 Å². The lowest BCUT2D eigenvalue weighted by Crippen LogP contribution is -2.50. The Labute approximate surface area is 198 Å². The normalized spacial score (nSPS) is 14.5. The molecule has 34 heavy (non-hydrogen) atoms. The van der Waals surface area contributed by atoms with Crippen LogP contribution in [0.5, 0.6) is 0 Å². The maximum Gasteiger partial charge on any atom is 0.320 e. The lowest BCUT2D eigenvalue weighted by atomic mass is 10.0. The van der Waals surface area contributed by atoms with Gasteiger partial charge in [0, 0.05) is 57.1 Å². The minimum Gasteiger partial charge on any atom is -0.465 e. The van der Waals surface area contributed by atoms with Gasteiger partial charge in [0.15, 0.2) is 0 Å². The number of benzene rings is 1. The Kier molecular flexibility index (Phi) is 7.12. The highest BCUT2D eigenvalue weighted by molar-refractivity contribution is 5.76. The van der Waals surface area contributed by atoms with Gasteiger partial charge >= 0.3 is 5.97 Å². The number of aromatic nitrogens is 3. The Morgan fingerprint density at radius 1 is 1.03 bits per heavy atom. The molecule has 1 saturated heterocycles. The van der Waals surface area contributed by atoms with Gasteiger partial charge in [-0.15, -0.1) is 0 Å². The second-order valence-electron chi connectivity index (χ2n) is 8.67. The number of ether oxygens (including phenoxy) is 1. The summed E-state index contributed by atoms with van der Waals surface area (Å²) in [7, 11) is 0. The lowest BCUT2D eigenvalue weighted by Gasteiger charge is -2.34. The minimum atomic E-state index is -0.238. The van der Waals surface area contributed by atoms with Crippen molar-refractivity contribution in [3.05, 3.63) is 58.1 Å². The maximum atomic E-state index is 13.0. The van der Waals surface area contributed by atoms with Gasteiger partial charge in [0.25, 0.3) is 5.56 Å². The van der Waals surface area contributed by atoms with Crippen LogP contribution in [-0.2, 0) is 20.9 Å². The van der Waals surface area contributed by atoms with Crippen LogP contribution in [-0.4, -0.2) is 75.2 Å². The van der Waals surface area contributed by atoms with E-state index in [1.807, 2.05) is 11.0 Å². The number of fused-ring (bicyclic) bond motifs is 1. The smallest absolute Gasteiger partial charge is 0.320 e. The van der Waals surface area contributed by atoms with Crippen LogP contribution >= 0.6 is 0 Å². The number of carbonyl (C=O) groups is 2. The fourth-order valence-corrected chi connectivity index (χ4v) is 4.16. The molecule has 3 aromatic rings. The van der Waals surface area contributed by atoms with Crippen molar-refractivity contribution < 1.29 is 14.3 Å². The average Bonchev–Trinajstić information content (AvgIpc) is 3.26. The molecule has 0 bridgehead atoms. The molecule has 0 atom stereocenters. The van der Waals surface area contributed by atoms with E-state index in [0.29, 0.717) is 44.8 Å². The standard InChI is InChI=1S/C25H31N5O4/c1-4-34-24(32)17-27-9-11-28(12-10-27)23(31)7-8-29-13-14-30-22(25(29)33)16-21(26-30)20-6-5-18(2)19(3)15-20/h5-6,13-16H,4,7-12,17H2,1-3H3. The van der Waals surface area contributed by atoms with E-state index in [-0.39, 0.29) is 30.4 Å². The number of aryl methyl sites for hydroxylation is 3. The zero-order chi connectivity index (χ0) is 24.2. The van der Waals surface area contributed by atoms with Gasteiger partial charge in [-0.1, -0.05) is 12.1 Å². The summed E-state index contributed by atoms with van der Waals surface area (Å²) in [4.78, 5) is 41.1. The van der Waals surface area contributed by atoms with Crippen molar-refractivity contribution in [2.24, 2.45) is 0 Å². The number of carbonyl (C=O) groups excluding carboxylic acids is 2. The zero-order valence-electron chi connectivity index (χ0n) is 20.0. The highest BCUT2D eigenvalue weighted by atomic mass is 16.5. The summed E-state index contributed by atoms with van der Waals surface area (Å²) in [6.07, 6.45) is 3.67. The van der Waals surface area contributed by atoms with Gasteiger partial charge in [0.2, 0.25) is 5.91 Å². The van der Waals surface area contributed by atoms with Crippen LogP contribution < -0.4 is 5.56 Å². The zero-order valence-corrected chi connectivity index (χ0v) is 20.0. The van der Waals surface area contributed by atoms with Crippen LogP contribution in [0.1, 0.15) is 24.5 Å². The first-order valence-electron chi connectivity index (χ1n) is 11.7. The minimum absolute atomic E-state index is 0.00638. The van der Waals surface area contributed by atoms with Crippen molar-refractivity contribution in [3.63, 3.8) is 0 Å². The predicted molar refractivity (Wildman–Crippen MR) is 129 cm³/mol. The van der Waals surface area contributed by atoms with Crippen LogP contribution in [0.4, 0.5) is 0 Å². The second kappa shape index (κ2) is 10.2. The summed E-state index contributed by atoms with van der Waals surface area (Å²) < 4.78 is 8.14. The number of piperazine rings is 1. The first-order valence-corrected chi connectivity index (χ1v) is 11.7. The number of esters is 1. The van der Waals surface area contributed by atoms with Crippen LogP contribution in [0.2, 0.25) is 0 Å². The number of nitrogens with zero attached hydrogens (tertiary/aromatic N) is 5. The molecule has 1 aliphatic heterocycles. The molecule has 0 saturated carbocycles. The Balaban J connectivity index is 1.38. The molecule has 0 aliphatic carbocycles. The third-order valence-electron chi connectivity index (χ3n) is 6.36. The van der Waals surface area contributed by atoms with Gasteiger partial charge in [0.05, 0.1) is 18.8 Å². The highest BCUT2D eigenvalue weighted by Gasteiger charge is 2.22. The van der Waals surface area contributed by atoms with Crippen molar-refractivity contribution in [2.75, 3.05) is 39.3 Å². The highest BCUT2D eigenvalue weighted by Crippen LogP contribution is 2.21. The molecule has 3 heterocycles. The fourth-order valence-electron chi connectivity index (χ4n) is 4.16. The summed E-state index contributed by atoms with van der Waals surface area (Å²) in [6.45, 7) is 9.22. The van der Waals surface area contributed by atoms with Crippen molar-refractivity contribution >= 4 is 17.4 Å². The molecule has 1 aliphatic rings. The third kappa shape index (κ3) is 5.20. The molecule has 9 heteroatoms. The van der Waals surface area contributed by atoms with Gasteiger partial charge in [0.1, 0.15) is 5.52 Å². The molecule has 1 amide bonds. The Bertz CT molecular complexity index is 1250. The molecule has 4 rings (SSSR count). The van der Waals surface area contributed by atoms with E-state index >= 15 is 0 Å². The summed E-state index contributed by atoms with van der Waals surface area (Å²) in [5, 5.41) is 4.55. The van der Waals surface area contributed by atoms with Gasteiger partial charge in [-0.25, -0.2) is 4.52 Å². The molecule has 0 radical (unpaired) electrons. The Hall–Kier alpha value is -3.46. The molecule has 1 fully saturated rings. The number of amides is 1. The Morgan fingerprint density at radius 2 is 1.79 bits per heavy atom. The van der Waals surface area contributed by atoms with E-state index in [0.717, 1.165) is 11.3 Å². The van der Waals surface area contributed by atoms with Gasteiger partial charge in [-0.05, 0) is 44.0 Å². The molecular formula is C25H31N5O4. The van der Waals surface area contributed by atoms with Crippen molar-refractivity contribution in [3.8, 4) is 11.3 Å². The summed E-state index contributed by atoms with van der Waals surface area (Å²) in [5.41, 5.74) is 4.41. The van der Waals surface area contributed by atoms with Gasteiger partial charge < -0.3 is 14.2 Å². The summed E-state index contributed by atoms with van der Waals surface area (Å²) >= 11 is 0. The van der Waals surface area contributed by atoms with Crippen molar-refractivity contribution in [2.45, 2.75) is 33.7 Å². The van der Waals surface area contributed by atoms with Gasteiger partial charge in [-0.3, -0.25) is 19.3 Å². The second-order valence-corrected chi connectivity index (χ2v) is 8.67. The molecule has 0 spiro atoms. The molecule has 180 valence electrons. The molecular weight excluding hydrogens is 434 g/mol. The quantitative estimate of drug-likeness (QED) is 0.495. The van der Waals surface area contributed by atoms with Crippen LogP contribution in [0.3, 0.4) is 0 Å². The lowest BCUT2D eigenvalue weighted by molar-refractivity contribution is -0.145. The van der Waals surface area contributed by atoms with E-state index in [4.69, 9.17) is 4.74 Å². The monoisotopic (exact) mass is 465 g/mol. The molecule has 2 aromatic heterocycles. The van der Waals surface area contributed by atoms with E-state index in [1.54, 1.807) is 39.4 Å².